The highest BCUT2D eigenvalue weighted by molar-refractivity contribution is 5.96. The van der Waals surface area contributed by atoms with Crippen LogP contribution >= 0.6 is 0 Å². The first kappa shape index (κ1) is 36.9. The van der Waals surface area contributed by atoms with Gasteiger partial charge in [0.1, 0.15) is 35.1 Å². The van der Waals surface area contributed by atoms with E-state index in [2.05, 4.69) is 16.0 Å². The van der Waals surface area contributed by atoms with Crippen LogP contribution in [0.25, 0.3) is 0 Å². The zero-order chi connectivity index (χ0) is 35.8. The molecule has 0 spiro atoms. The summed E-state index contributed by atoms with van der Waals surface area (Å²) in [5, 5.41) is 21.0. The molecule has 3 aromatic carbocycles. The predicted molar refractivity (Wildman–Crippen MR) is 186 cm³/mol. The van der Waals surface area contributed by atoms with Crippen molar-refractivity contribution in [2.24, 2.45) is 5.92 Å². The van der Waals surface area contributed by atoms with Crippen LogP contribution in [0.15, 0.2) is 78.9 Å². The monoisotopic (exact) mass is 690 g/mol. The summed E-state index contributed by atoms with van der Waals surface area (Å²) in [5.41, 5.74) is 0.102. The Morgan fingerprint density at radius 1 is 1.04 bits per heavy atom. The van der Waals surface area contributed by atoms with E-state index in [1.54, 1.807) is 4.90 Å². The van der Waals surface area contributed by atoms with Crippen LogP contribution in [-0.2, 0) is 27.2 Å². The van der Waals surface area contributed by atoms with Gasteiger partial charge >= 0.3 is 0 Å². The van der Waals surface area contributed by atoms with Gasteiger partial charge in [0.25, 0.3) is 0 Å². The minimum atomic E-state index is -1.17. The summed E-state index contributed by atoms with van der Waals surface area (Å²) >= 11 is 0. The molecular weight excluding hydrogens is 642 g/mol. The van der Waals surface area contributed by atoms with Gasteiger partial charge in [-0.3, -0.25) is 14.4 Å². The Labute approximate surface area is 292 Å². The van der Waals surface area contributed by atoms with E-state index in [0.29, 0.717) is 38.0 Å². The number of likely N-dealkylation sites (tertiary alicyclic amines) is 1. The third kappa shape index (κ3) is 8.86. The third-order valence-electron chi connectivity index (χ3n) is 10.2. The molecular formula is C39H48F2N4O5. The van der Waals surface area contributed by atoms with Gasteiger partial charge in [0, 0.05) is 38.5 Å². The Morgan fingerprint density at radius 2 is 1.70 bits per heavy atom. The van der Waals surface area contributed by atoms with E-state index in [4.69, 9.17) is 4.74 Å². The first-order chi connectivity index (χ1) is 24.0. The van der Waals surface area contributed by atoms with Crippen molar-refractivity contribution >= 4 is 17.7 Å². The molecule has 7 atom stereocenters. The second-order valence-corrected chi connectivity index (χ2v) is 13.6. The molecule has 5 rings (SSSR count). The van der Waals surface area contributed by atoms with E-state index in [1.165, 1.54) is 19.1 Å². The van der Waals surface area contributed by atoms with Crippen LogP contribution < -0.4 is 20.7 Å². The molecule has 0 aromatic heterocycles. The molecule has 268 valence electrons. The van der Waals surface area contributed by atoms with Crippen molar-refractivity contribution in [2.75, 3.05) is 13.1 Å². The smallest absolute Gasteiger partial charge is 0.249 e. The van der Waals surface area contributed by atoms with Crippen LogP contribution in [0, 0.1) is 17.6 Å². The highest BCUT2D eigenvalue weighted by atomic mass is 19.1. The van der Waals surface area contributed by atoms with Crippen LogP contribution in [0.2, 0.25) is 0 Å². The molecule has 9 nitrogen and oxygen atoms in total. The van der Waals surface area contributed by atoms with Crippen LogP contribution in [0.4, 0.5) is 8.78 Å². The molecule has 3 aromatic rings. The average molecular weight is 691 g/mol. The van der Waals surface area contributed by atoms with Gasteiger partial charge in [-0.25, -0.2) is 8.78 Å². The topological polar surface area (TPSA) is 120 Å². The molecule has 2 fully saturated rings. The number of ether oxygens (including phenoxy) is 1. The second kappa shape index (κ2) is 16.6. The lowest BCUT2D eigenvalue weighted by Gasteiger charge is -2.36. The number of aliphatic hydroxyl groups excluding tert-OH is 1. The number of halogens is 2. The minimum Gasteiger partial charge on any atom is -0.489 e. The molecule has 2 aliphatic heterocycles. The Kier molecular flexibility index (Phi) is 12.2. The fourth-order valence-corrected chi connectivity index (χ4v) is 7.37. The number of aliphatic hydroxyl groups is 1. The molecule has 11 heteroatoms. The van der Waals surface area contributed by atoms with E-state index in [0.717, 1.165) is 11.6 Å². The average Bonchev–Trinajstić information content (AvgIpc) is 3.68. The number of amides is 3. The summed E-state index contributed by atoms with van der Waals surface area (Å²) in [7, 11) is 0. The number of carbonyl (C=O) groups is 3. The number of aryl methyl sites for hydroxylation is 1. The van der Waals surface area contributed by atoms with Crippen molar-refractivity contribution in [2.45, 2.75) is 95.2 Å². The number of benzene rings is 3. The maximum Gasteiger partial charge on any atom is 0.249 e. The van der Waals surface area contributed by atoms with Gasteiger partial charge in [-0.2, -0.15) is 0 Å². The van der Waals surface area contributed by atoms with Gasteiger partial charge < -0.3 is 30.7 Å². The molecule has 1 unspecified atom stereocenters. The van der Waals surface area contributed by atoms with Crippen molar-refractivity contribution < 1.29 is 33.0 Å². The van der Waals surface area contributed by atoms with Crippen LogP contribution in [0.3, 0.4) is 0 Å². The van der Waals surface area contributed by atoms with Gasteiger partial charge in [-0.05, 0) is 67.0 Å². The maximum absolute atomic E-state index is 14.4. The molecule has 0 bridgehead atoms. The Morgan fingerprint density at radius 3 is 2.34 bits per heavy atom. The number of nitrogens with zero attached hydrogens (tertiary/aromatic N) is 1. The van der Waals surface area contributed by atoms with Gasteiger partial charge in [0.05, 0.1) is 12.1 Å². The first-order valence-electron chi connectivity index (χ1n) is 17.5. The Balaban J connectivity index is 1.41. The molecule has 50 heavy (non-hydrogen) atoms. The second-order valence-electron chi connectivity index (χ2n) is 13.6. The van der Waals surface area contributed by atoms with Gasteiger partial charge in [0.2, 0.25) is 17.7 Å². The van der Waals surface area contributed by atoms with Crippen molar-refractivity contribution in [1.82, 2.24) is 20.9 Å². The normalized spacial score (nSPS) is 22.8. The van der Waals surface area contributed by atoms with Crippen molar-refractivity contribution in [3.05, 3.63) is 102 Å². The molecule has 2 heterocycles. The molecule has 2 saturated heterocycles. The summed E-state index contributed by atoms with van der Waals surface area (Å²) in [6.07, 6.45) is 0.707. The molecule has 3 amide bonds. The SMILES string of the molecule is CCC(C)[C@@]1(NC(C)=O)CCN([C@@H](CCc2ccccc2)C(=O)N[C@@H](Cc2cc(F)cc(F)c2)[C@H](O)[C@H]2C[C@H](Oc3ccccc3)CN2)C1=O. The fourth-order valence-electron chi connectivity index (χ4n) is 7.37. The molecule has 0 radical (unpaired) electrons. The lowest BCUT2D eigenvalue weighted by Crippen LogP contribution is -2.61. The Bertz CT molecular complexity index is 1590. The van der Waals surface area contributed by atoms with Gasteiger partial charge in [-0.15, -0.1) is 0 Å². The third-order valence-corrected chi connectivity index (χ3v) is 10.2. The van der Waals surface area contributed by atoms with Crippen molar-refractivity contribution in [3.63, 3.8) is 0 Å². The quantitative estimate of drug-likeness (QED) is 0.189. The highest BCUT2D eigenvalue weighted by Gasteiger charge is 2.53. The van der Waals surface area contributed by atoms with E-state index in [1.807, 2.05) is 74.5 Å². The Hall–Kier alpha value is -4.35. The maximum atomic E-state index is 14.4. The fraction of sp³-hybridized carbons (Fsp3) is 0.462. The number of hydrogen-bond acceptors (Lipinski definition) is 6. The van der Waals surface area contributed by atoms with Gasteiger partial charge in [-0.1, -0.05) is 68.8 Å². The van der Waals surface area contributed by atoms with Crippen molar-refractivity contribution in [1.29, 1.82) is 0 Å². The number of hydrogen-bond donors (Lipinski definition) is 4. The van der Waals surface area contributed by atoms with Gasteiger partial charge in [0.15, 0.2) is 0 Å². The minimum absolute atomic E-state index is 0.0635. The summed E-state index contributed by atoms with van der Waals surface area (Å²) in [6, 6.07) is 19.7. The number of rotatable bonds is 15. The first-order valence-corrected chi connectivity index (χ1v) is 17.5. The standard InChI is InChI=1S/C39H48F2N4O5/c1-4-25(2)39(44-26(3)46)17-18-45(38(39)49)35(16-15-27-11-7-5-8-12-27)37(48)43-34(21-28-19-29(40)22-30(41)20-28)36(47)33-23-32(24-42-33)50-31-13-9-6-10-14-31/h5-14,19-20,22,25,32-36,42,47H,4,15-18,21,23-24H2,1-3H3,(H,43,48)(H,44,46)/t25?,32-,33+,34-,35-,36+,39-/m0/s1. The van der Waals surface area contributed by atoms with E-state index < -0.39 is 47.3 Å². The molecule has 2 aliphatic rings. The van der Waals surface area contributed by atoms with Crippen LogP contribution in [0.1, 0.15) is 57.6 Å². The predicted octanol–water partition coefficient (Wildman–Crippen LogP) is 4.32. The summed E-state index contributed by atoms with van der Waals surface area (Å²) in [6.45, 7) is 5.96. The summed E-state index contributed by atoms with van der Waals surface area (Å²) < 4.78 is 34.7. The van der Waals surface area contributed by atoms with E-state index >= 15 is 0 Å². The molecule has 0 aliphatic carbocycles. The zero-order valence-electron chi connectivity index (χ0n) is 28.9. The molecule has 4 N–H and O–H groups in total. The molecule has 0 saturated carbocycles. The van der Waals surface area contributed by atoms with Crippen LogP contribution in [-0.4, -0.2) is 76.7 Å². The number of carbonyl (C=O) groups excluding carboxylic acids is 3. The highest BCUT2D eigenvalue weighted by Crippen LogP contribution is 2.35. The zero-order valence-corrected chi connectivity index (χ0v) is 28.9. The van der Waals surface area contributed by atoms with Crippen LogP contribution in [0.5, 0.6) is 5.75 Å². The van der Waals surface area contributed by atoms with E-state index in [-0.39, 0.29) is 48.8 Å². The van der Waals surface area contributed by atoms with E-state index in [9.17, 15) is 28.3 Å². The summed E-state index contributed by atoms with van der Waals surface area (Å²) in [5.74, 6) is -2.16. The lowest BCUT2D eigenvalue weighted by molar-refractivity contribution is -0.144. The number of nitrogens with one attached hydrogen (secondary N) is 3. The summed E-state index contributed by atoms with van der Waals surface area (Å²) in [4.78, 5) is 42.6. The number of para-hydroxylation sites is 1. The van der Waals surface area contributed by atoms with Crippen molar-refractivity contribution in [3.8, 4) is 5.75 Å². The largest absolute Gasteiger partial charge is 0.489 e. The lowest BCUT2D eigenvalue weighted by atomic mass is 9.81.